The van der Waals surface area contributed by atoms with Gasteiger partial charge in [-0.05, 0) is 12.8 Å². The van der Waals surface area contributed by atoms with Crippen LogP contribution >= 0.6 is 0 Å². The van der Waals surface area contributed by atoms with E-state index in [9.17, 15) is 9.59 Å². The fourth-order valence-corrected chi connectivity index (χ4v) is 1.30. The Morgan fingerprint density at radius 1 is 1.25 bits per heavy atom. The van der Waals surface area contributed by atoms with E-state index in [1.807, 2.05) is 13.8 Å². The van der Waals surface area contributed by atoms with Crippen molar-refractivity contribution in [2.75, 3.05) is 6.61 Å². The van der Waals surface area contributed by atoms with Gasteiger partial charge in [-0.15, -0.1) is 0 Å². The van der Waals surface area contributed by atoms with Crippen LogP contribution in [-0.2, 0) is 4.79 Å². The third-order valence-corrected chi connectivity index (χ3v) is 2.25. The topological polar surface area (TPSA) is 98.7 Å². The highest BCUT2D eigenvalue weighted by Gasteiger charge is 2.19. The molecule has 0 aliphatic rings. The fraction of sp³-hybridized carbons (Fsp3) is 0.800. The molecule has 0 saturated heterocycles. The van der Waals surface area contributed by atoms with Crippen LogP contribution in [0.5, 0.6) is 0 Å². The molecule has 0 spiro atoms. The average Bonchev–Trinajstić information content (AvgIpc) is 2.24. The van der Waals surface area contributed by atoms with Gasteiger partial charge >= 0.3 is 12.0 Å². The van der Waals surface area contributed by atoms with Crippen molar-refractivity contribution < 1.29 is 19.8 Å². The Morgan fingerprint density at radius 2 is 1.88 bits per heavy atom. The number of hydrogen-bond donors (Lipinski definition) is 4. The third kappa shape index (κ3) is 5.55. The molecule has 0 rings (SSSR count). The Balaban J connectivity index is 4.09. The summed E-state index contributed by atoms with van der Waals surface area (Å²) in [5.74, 6) is -1.25. The Morgan fingerprint density at radius 3 is 2.25 bits per heavy atom. The maximum Gasteiger partial charge on any atom is 0.328 e. The van der Waals surface area contributed by atoms with Gasteiger partial charge in [-0.1, -0.05) is 20.3 Å². The van der Waals surface area contributed by atoms with Crippen LogP contribution in [0.25, 0.3) is 0 Å². The van der Waals surface area contributed by atoms with E-state index in [1.54, 1.807) is 0 Å². The molecule has 0 fully saturated rings. The van der Waals surface area contributed by atoms with Crippen LogP contribution in [-0.4, -0.2) is 40.9 Å². The van der Waals surface area contributed by atoms with Gasteiger partial charge in [0.15, 0.2) is 6.04 Å². The molecule has 0 bridgehead atoms. The van der Waals surface area contributed by atoms with E-state index in [1.165, 1.54) is 0 Å². The molecule has 4 N–H and O–H groups in total. The number of carboxylic acids is 1. The Hall–Kier alpha value is -1.30. The first-order valence-electron chi connectivity index (χ1n) is 5.45. The minimum absolute atomic E-state index is 0.0399. The number of carbonyl (C=O) groups excluding carboxylic acids is 1. The number of hydrogen-bond acceptors (Lipinski definition) is 3. The molecule has 1 unspecified atom stereocenters. The zero-order valence-corrected chi connectivity index (χ0v) is 9.69. The van der Waals surface area contributed by atoms with Gasteiger partial charge in [-0.25, -0.2) is 9.59 Å². The quantitative estimate of drug-likeness (QED) is 0.507. The average molecular weight is 232 g/mol. The van der Waals surface area contributed by atoms with E-state index in [-0.39, 0.29) is 6.04 Å². The van der Waals surface area contributed by atoms with Gasteiger partial charge in [0.25, 0.3) is 0 Å². The summed E-state index contributed by atoms with van der Waals surface area (Å²) in [6.45, 7) is 3.34. The number of carbonyl (C=O) groups is 2. The molecule has 2 atom stereocenters. The summed E-state index contributed by atoms with van der Waals surface area (Å²) in [7, 11) is 0. The zero-order valence-electron chi connectivity index (χ0n) is 9.69. The lowest BCUT2D eigenvalue weighted by molar-refractivity contribution is -0.140. The molecule has 16 heavy (non-hydrogen) atoms. The monoisotopic (exact) mass is 232 g/mol. The number of nitrogens with one attached hydrogen (secondary N) is 2. The molecular weight excluding hydrogens is 212 g/mol. The molecule has 0 heterocycles. The minimum atomic E-state index is -1.25. The predicted molar refractivity (Wildman–Crippen MR) is 59.2 cm³/mol. The molecule has 6 nitrogen and oxygen atoms in total. The van der Waals surface area contributed by atoms with Gasteiger partial charge in [0.2, 0.25) is 0 Å². The smallest absolute Gasteiger partial charge is 0.328 e. The molecule has 0 aromatic carbocycles. The molecule has 2 amide bonds. The van der Waals surface area contributed by atoms with Crippen molar-refractivity contribution in [2.24, 2.45) is 0 Å². The lowest BCUT2D eigenvalue weighted by Gasteiger charge is -2.18. The number of aliphatic hydroxyl groups excluding tert-OH is 1. The third-order valence-electron chi connectivity index (χ3n) is 2.25. The first-order valence-corrected chi connectivity index (χ1v) is 5.45. The van der Waals surface area contributed by atoms with Crippen molar-refractivity contribution in [1.82, 2.24) is 10.6 Å². The lowest BCUT2D eigenvalue weighted by atomic mass is 10.1. The molecule has 94 valence electrons. The van der Waals surface area contributed by atoms with E-state index in [0.717, 1.165) is 19.3 Å². The van der Waals surface area contributed by atoms with E-state index in [4.69, 9.17) is 10.2 Å². The standard InChI is InChI=1S/C10H20N2O4/c1-3-5-7(4-2)11-10(16)12-8(6-13)9(14)15/h7-8,13H,3-6H2,1-2H3,(H,14,15)(H2,11,12,16)/t7?,8-/m1/s1. The number of amides is 2. The molecule has 0 radical (unpaired) electrons. The summed E-state index contributed by atoms with van der Waals surface area (Å²) in [4.78, 5) is 21.9. The Kier molecular flexibility index (Phi) is 7.28. The van der Waals surface area contributed by atoms with Crippen molar-refractivity contribution in [2.45, 2.75) is 45.2 Å². The number of carboxylic acid groups (broad SMARTS) is 1. The van der Waals surface area contributed by atoms with Crippen molar-refractivity contribution in [3.05, 3.63) is 0 Å². The van der Waals surface area contributed by atoms with Crippen LogP contribution in [0.4, 0.5) is 4.79 Å². The molecule has 0 aromatic heterocycles. The maximum atomic E-state index is 11.4. The summed E-state index contributed by atoms with van der Waals surface area (Å²) in [6, 6.07) is -1.76. The summed E-state index contributed by atoms with van der Waals surface area (Å²) >= 11 is 0. The maximum absolute atomic E-state index is 11.4. The second kappa shape index (κ2) is 7.92. The van der Waals surface area contributed by atoms with Crippen LogP contribution in [0, 0.1) is 0 Å². The van der Waals surface area contributed by atoms with E-state index >= 15 is 0 Å². The molecular formula is C10H20N2O4. The van der Waals surface area contributed by atoms with Crippen LogP contribution in [0.15, 0.2) is 0 Å². The van der Waals surface area contributed by atoms with Crippen LogP contribution in [0.1, 0.15) is 33.1 Å². The van der Waals surface area contributed by atoms with Gasteiger partial charge < -0.3 is 20.8 Å². The highest BCUT2D eigenvalue weighted by molar-refractivity contribution is 5.82. The van der Waals surface area contributed by atoms with Crippen LogP contribution in [0.3, 0.4) is 0 Å². The number of aliphatic hydroxyl groups is 1. The number of aliphatic carboxylic acids is 1. The van der Waals surface area contributed by atoms with E-state index in [0.29, 0.717) is 0 Å². The zero-order chi connectivity index (χ0) is 12.6. The first kappa shape index (κ1) is 14.7. The highest BCUT2D eigenvalue weighted by atomic mass is 16.4. The van der Waals surface area contributed by atoms with Crippen molar-refractivity contribution in [1.29, 1.82) is 0 Å². The molecule has 6 heteroatoms. The highest BCUT2D eigenvalue weighted by Crippen LogP contribution is 2.00. The number of urea groups is 1. The van der Waals surface area contributed by atoms with Crippen molar-refractivity contribution >= 4 is 12.0 Å². The molecule has 0 aromatic rings. The lowest BCUT2D eigenvalue weighted by Crippen LogP contribution is -2.50. The first-order chi connectivity index (χ1) is 7.54. The summed E-state index contributed by atoms with van der Waals surface area (Å²) in [6.07, 6.45) is 2.58. The number of rotatable bonds is 7. The van der Waals surface area contributed by atoms with Gasteiger partial charge in [0.05, 0.1) is 6.61 Å². The Bertz CT molecular complexity index is 233. The largest absolute Gasteiger partial charge is 0.480 e. The second-order valence-corrected chi connectivity index (χ2v) is 3.59. The SMILES string of the molecule is CCCC(CC)NC(=O)N[C@H](CO)C(=O)O. The normalized spacial score (nSPS) is 13.9. The van der Waals surface area contributed by atoms with Crippen molar-refractivity contribution in [3.8, 4) is 0 Å². The van der Waals surface area contributed by atoms with Gasteiger partial charge in [-0.3, -0.25) is 0 Å². The van der Waals surface area contributed by atoms with Gasteiger partial charge in [0.1, 0.15) is 0 Å². The summed E-state index contributed by atoms with van der Waals surface area (Å²) in [5, 5.41) is 22.2. The predicted octanol–water partition coefficient (Wildman–Crippen LogP) is 0.310. The minimum Gasteiger partial charge on any atom is -0.480 e. The molecule has 0 aliphatic carbocycles. The summed E-state index contributed by atoms with van der Waals surface area (Å²) in [5.41, 5.74) is 0. The second-order valence-electron chi connectivity index (χ2n) is 3.59. The van der Waals surface area contributed by atoms with Crippen LogP contribution < -0.4 is 10.6 Å². The molecule has 0 saturated carbocycles. The van der Waals surface area contributed by atoms with Crippen molar-refractivity contribution in [3.63, 3.8) is 0 Å². The van der Waals surface area contributed by atoms with E-state index < -0.39 is 24.6 Å². The Labute approximate surface area is 95.0 Å². The van der Waals surface area contributed by atoms with Gasteiger partial charge in [-0.2, -0.15) is 0 Å². The van der Waals surface area contributed by atoms with E-state index in [2.05, 4.69) is 10.6 Å². The van der Waals surface area contributed by atoms with Gasteiger partial charge in [0, 0.05) is 6.04 Å². The van der Waals surface area contributed by atoms with Crippen LogP contribution in [0.2, 0.25) is 0 Å². The summed E-state index contributed by atoms with van der Waals surface area (Å²) < 4.78 is 0. The fourth-order valence-electron chi connectivity index (χ4n) is 1.30. The molecule has 0 aliphatic heterocycles.